The lowest BCUT2D eigenvalue weighted by atomic mass is 9.90. The molecule has 5 rings (SSSR count). The third-order valence-electron chi connectivity index (χ3n) is 6.48. The molecule has 0 N–H and O–H groups in total. The van der Waals surface area contributed by atoms with E-state index in [4.69, 9.17) is 16.3 Å². The van der Waals surface area contributed by atoms with Crippen LogP contribution in [-0.2, 0) is 14.4 Å². The molecule has 1 aromatic carbocycles. The van der Waals surface area contributed by atoms with E-state index >= 15 is 0 Å². The van der Waals surface area contributed by atoms with Crippen LogP contribution in [0.5, 0.6) is 5.75 Å². The number of benzene rings is 1. The first kappa shape index (κ1) is 21.0. The Morgan fingerprint density at radius 3 is 2.57 bits per heavy atom. The van der Waals surface area contributed by atoms with Gasteiger partial charge in [0.25, 0.3) is 5.91 Å². The number of rotatable bonds is 5. The lowest BCUT2D eigenvalue weighted by Gasteiger charge is -2.52. The van der Waals surface area contributed by atoms with E-state index in [0.717, 1.165) is 25.7 Å². The van der Waals surface area contributed by atoms with Gasteiger partial charge in [-0.1, -0.05) is 17.7 Å². The maximum Gasteiger partial charge on any atom is 0.260 e. The first-order valence-electron chi connectivity index (χ1n) is 10.7. The first-order valence-corrected chi connectivity index (χ1v) is 11.1. The van der Waals surface area contributed by atoms with Gasteiger partial charge < -0.3 is 19.4 Å². The summed E-state index contributed by atoms with van der Waals surface area (Å²) in [4.78, 5) is 43.6. The molecule has 3 atom stereocenters. The third-order valence-corrected chi connectivity index (χ3v) is 6.71. The number of carbonyl (C=O) groups excluding carboxylic acids is 3. The van der Waals surface area contributed by atoms with Gasteiger partial charge in [0.05, 0.1) is 0 Å². The van der Waals surface area contributed by atoms with Gasteiger partial charge in [-0.15, -0.1) is 0 Å². The minimum absolute atomic E-state index is 0.0000349. The molecule has 4 fully saturated rings. The smallest absolute Gasteiger partial charge is 0.260 e. The predicted octanol–water partition coefficient (Wildman–Crippen LogP) is 2.32. The second-order valence-corrected chi connectivity index (χ2v) is 8.82. The Labute approximate surface area is 181 Å². The highest BCUT2D eigenvalue weighted by molar-refractivity contribution is 6.30. The quantitative estimate of drug-likeness (QED) is 0.714. The molecule has 3 amide bonds. The number of piperazine rings is 1. The zero-order valence-corrected chi connectivity index (χ0v) is 18.0. The number of likely N-dealkylation sites (tertiary alicyclic amines) is 1. The number of nitrogens with zero attached hydrogens (tertiary/aromatic N) is 3. The average molecular weight is 434 g/mol. The number of hydrogen-bond acceptors (Lipinski definition) is 4. The fourth-order valence-electron chi connectivity index (χ4n) is 4.80. The molecule has 7 nitrogen and oxygen atoms in total. The van der Waals surface area contributed by atoms with Crippen LogP contribution in [0.25, 0.3) is 0 Å². The minimum Gasteiger partial charge on any atom is -0.484 e. The van der Waals surface area contributed by atoms with Crippen molar-refractivity contribution in [3.8, 4) is 5.75 Å². The third kappa shape index (κ3) is 4.26. The number of hydrogen-bond donors (Lipinski definition) is 0. The number of amides is 3. The maximum atomic E-state index is 13.1. The average Bonchev–Trinajstić information content (AvgIpc) is 2.77. The summed E-state index contributed by atoms with van der Waals surface area (Å²) in [6.45, 7) is 3.48. The molecule has 4 aliphatic rings. The Kier molecular flexibility index (Phi) is 6.18. The molecule has 30 heavy (non-hydrogen) atoms. The summed E-state index contributed by atoms with van der Waals surface area (Å²) in [5.41, 5.74) is 0. The summed E-state index contributed by atoms with van der Waals surface area (Å²) in [6.07, 6.45) is 4.15. The van der Waals surface area contributed by atoms with Crippen LogP contribution in [0.3, 0.4) is 0 Å². The van der Waals surface area contributed by atoms with E-state index in [9.17, 15) is 14.4 Å². The second-order valence-electron chi connectivity index (χ2n) is 8.39. The molecular formula is C22H28ClN3O4. The summed E-state index contributed by atoms with van der Waals surface area (Å²) in [5.74, 6) is 0.562. The fourth-order valence-corrected chi connectivity index (χ4v) is 4.98. The Morgan fingerprint density at radius 1 is 1.17 bits per heavy atom. The predicted molar refractivity (Wildman–Crippen MR) is 112 cm³/mol. The minimum atomic E-state index is -0.438. The molecule has 0 spiro atoms. The van der Waals surface area contributed by atoms with E-state index in [1.54, 1.807) is 29.2 Å². The number of halogens is 1. The molecule has 162 valence electrons. The van der Waals surface area contributed by atoms with E-state index in [0.29, 0.717) is 36.8 Å². The van der Waals surface area contributed by atoms with E-state index in [1.807, 2.05) is 16.7 Å². The summed E-state index contributed by atoms with van der Waals surface area (Å²) >= 11 is 5.96. The summed E-state index contributed by atoms with van der Waals surface area (Å²) in [5, 5.41) is 0.562. The number of piperidine rings is 3. The SMILES string of the molecule is CC(C(=O)N1CC2CCC1CN2C(=O)COc1cccc(Cl)c1)N1CCCCC1=O. The monoisotopic (exact) mass is 433 g/mol. The Hall–Kier alpha value is -2.28. The molecule has 1 aromatic rings. The van der Waals surface area contributed by atoms with Gasteiger partial charge in [-0.3, -0.25) is 14.4 Å². The standard InChI is InChI=1S/C22H28ClN3O4/c1-15(24-10-3-2-7-20(24)27)22(29)26-13-17-8-9-18(26)12-25(17)21(28)14-30-19-6-4-5-16(23)11-19/h4-6,11,15,17-18H,2-3,7-10,12-14H2,1H3. The molecule has 3 unspecified atom stereocenters. The van der Waals surface area contributed by atoms with E-state index in [-0.39, 0.29) is 36.4 Å². The zero-order valence-electron chi connectivity index (χ0n) is 17.3. The number of fused-ring (bicyclic) bond motifs is 3. The summed E-state index contributed by atoms with van der Waals surface area (Å²) in [7, 11) is 0. The second kappa shape index (κ2) is 8.84. The lowest BCUT2D eigenvalue weighted by molar-refractivity contribution is -0.158. The highest BCUT2D eigenvalue weighted by atomic mass is 35.5. The van der Waals surface area contributed by atoms with Crippen molar-refractivity contribution >= 4 is 29.3 Å². The van der Waals surface area contributed by atoms with Gasteiger partial charge in [-0.2, -0.15) is 0 Å². The van der Waals surface area contributed by atoms with Crippen LogP contribution < -0.4 is 4.74 Å². The molecule has 4 saturated heterocycles. The molecule has 4 heterocycles. The van der Waals surface area contributed by atoms with Gasteiger partial charge in [0.1, 0.15) is 11.8 Å². The summed E-state index contributed by atoms with van der Waals surface area (Å²) < 4.78 is 5.61. The number of ether oxygens (including phenoxy) is 1. The van der Waals surface area contributed by atoms with Crippen molar-refractivity contribution < 1.29 is 19.1 Å². The molecule has 8 heteroatoms. The van der Waals surface area contributed by atoms with Crippen LogP contribution in [0, 0.1) is 0 Å². The molecular weight excluding hydrogens is 406 g/mol. The van der Waals surface area contributed by atoms with E-state index in [1.165, 1.54) is 0 Å². The molecule has 4 aliphatic heterocycles. The normalized spacial score (nSPS) is 24.7. The van der Waals surface area contributed by atoms with Crippen molar-refractivity contribution in [2.45, 2.75) is 57.2 Å². The highest BCUT2D eigenvalue weighted by Gasteiger charge is 2.44. The first-order chi connectivity index (χ1) is 14.4. The fraction of sp³-hybridized carbons (Fsp3) is 0.591. The van der Waals surface area contributed by atoms with Crippen molar-refractivity contribution in [1.29, 1.82) is 0 Å². The van der Waals surface area contributed by atoms with E-state index < -0.39 is 6.04 Å². The molecule has 0 aromatic heterocycles. The highest BCUT2D eigenvalue weighted by Crippen LogP contribution is 2.30. The topological polar surface area (TPSA) is 70.2 Å². The largest absolute Gasteiger partial charge is 0.484 e. The van der Waals surface area contributed by atoms with Crippen LogP contribution in [0.2, 0.25) is 5.02 Å². The van der Waals surface area contributed by atoms with Crippen molar-refractivity contribution in [2.24, 2.45) is 0 Å². The molecule has 2 bridgehead atoms. The van der Waals surface area contributed by atoms with Gasteiger partial charge >= 0.3 is 0 Å². The molecule has 0 saturated carbocycles. The maximum absolute atomic E-state index is 13.1. The van der Waals surface area contributed by atoms with Gasteiger partial charge in [0.2, 0.25) is 11.8 Å². The number of carbonyl (C=O) groups is 3. The zero-order chi connectivity index (χ0) is 21.3. The van der Waals surface area contributed by atoms with Crippen molar-refractivity contribution in [3.05, 3.63) is 29.3 Å². The van der Waals surface area contributed by atoms with Crippen LogP contribution in [0.15, 0.2) is 24.3 Å². The van der Waals surface area contributed by atoms with Gasteiger partial charge in [0, 0.05) is 43.2 Å². The van der Waals surface area contributed by atoms with E-state index in [2.05, 4.69) is 0 Å². The molecule has 0 radical (unpaired) electrons. The van der Waals surface area contributed by atoms with Crippen molar-refractivity contribution in [2.75, 3.05) is 26.2 Å². The van der Waals surface area contributed by atoms with Crippen molar-refractivity contribution in [3.63, 3.8) is 0 Å². The van der Waals surface area contributed by atoms with Crippen molar-refractivity contribution in [1.82, 2.24) is 14.7 Å². The molecule has 0 aliphatic carbocycles. The van der Waals surface area contributed by atoms with Crippen LogP contribution in [-0.4, -0.2) is 76.8 Å². The Balaban J connectivity index is 1.35. The Morgan fingerprint density at radius 2 is 1.90 bits per heavy atom. The lowest BCUT2D eigenvalue weighted by Crippen LogP contribution is -2.67. The van der Waals surface area contributed by atoms with Gasteiger partial charge in [-0.05, 0) is 50.8 Å². The summed E-state index contributed by atoms with van der Waals surface area (Å²) in [6, 6.07) is 6.55. The Bertz CT molecular complexity index is 832. The van der Waals surface area contributed by atoms with Crippen LogP contribution in [0.1, 0.15) is 39.0 Å². The van der Waals surface area contributed by atoms with Gasteiger partial charge in [-0.25, -0.2) is 0 Å². The van der Waals surface area contributed by atoms with Crippen LogP contribution in [0.4, 0.5) is 0 Å². The van der Waals surface area contributed by atoms with Gasteiger partial charge in [0.15, 0.2) is 6.61 Å². The van der Waals surface area contributed by atoms with Crippen LogP contribution >= 0.6 is 11.6 Å².